The molecule has 1 aliphatic heterocycles. The molecule has 1 fully saturated rings. The number of morpholine rings is 1. The fraction of sp³-hybridized carbons (Fsp3) is 0.222. The number of methoxy groups -OCH3 is 1. The lowest BCUT2D eigenvalue weighted by atomic mass is 10.1. The molecule has 0 aliphatic carbocycles. The van der Waals surface area contributed by atoms with Crippen LogP contribution in [0.4, 0.5) is 11.6 Å². The molecule has 0 bridgehead atoms. The quantitative estimate of drug-likeness (QED) is 0.360. The first-order chi connectivity index (χ1) is 18.6. The van der Waals surface area contributed by atoms with Gasteiger partial charge in [-0.05, 0) is 24.3 Å². The van der Waals surface area contributed by atoms with E-state index >= 15 is 0 Å². The molecule has 4 heterocycles. The lowest BCUT2D eigenvalue weighted by Gasteiger charge is -2.34. The van der Waals surface area contributed by atoms with Gasteiger partial charge in [-0.3, -0.25) is 14.0 Å². The highest BCUT2D eigenvalue weighted by molar-refractivity contribution is 6.04. The summed E-state index contributed by atoms with van der Waals surface area (Å²) in [6.45, 7) is 1.49. The number of amides is 2. The Kier molecular flexibility index (Phi) is 7.38. The van der Waals surface area contributed by atoms with Crippen molar-refractivity contribution in [2.75, 3.05) is 44.5 Å². The highest BCUT2D eigenvalue weighted by Crippen LogP contribution is 2.33. The zero-order valence-electron chi connectivity index (χ0n) is 20.8. The van der Waals surface area contributed by atoms with Crippen LogP contribution in [0.25, 0.3) is 16.8 Å². The van der Waals surface area contributed by atoms with Gasteiger partial charge < -0.3 is 25.4 Å². The van der Waals surface area contributed by atoms with E-state index in [9.17, 15) is 9.59 Å². The summed E-state index contributed by atoms with van der Waals surface area (Å²) in [6, 6.07) is 11.9. The van der Waals surface area contributed by atoms with Crippen LogP contribution in [0.15, 0.2) is 73.2 Å². The van der Waals surface area contributed by atoms with E-state index in [1.165, 1.54) is 6.08 Å². The number of carbonyl (C=O) groups excluding carboxylic acids is 2. The van der Waals surface area contributed by atoms with E-state index in [1.54, 1.807) is 79.1 Å². The predicted octanol–water partition coefficient (Wildman–Crippen LogP) is 2.73. The van der Waals surface area contributed by atoms with Crippen LogP contribution < -0.4 is 11.1 Å². The second kappa shape index (κ2) is 11.2. The van der Waals surface area contributed by atoms with Crippen molar-refractivity contribution in [3.8, 4) is 11.3 Å². The Hall–Kier alpha value is -4.61. The third kappa shape index (κ3) is 5.10. The largest absolute Gasteiger partial charge is 0.382 e. The third-order valence-corrected chi connectivity index (χ3v) is 6.17. The Balaban J connectivity index is 1.48. The van der Waals surface area contributed by atoms with Gasteiger partial charge >= 0.3 is 0 Å². The van der Waals surface area contributed by atoms with Crippen LogP contribution in [0.5, 0.6) is 0 Å². The number of carbonyl (C=O) groups is 2. The number of rotatable bonds is 7. The Labute approximate surface area is 218 Å². The van der Waals surface area contributed by atoms with Crippen LogP contribution in [-0.2, 0) is 14.3 Å². The van der Waals surface area contributed by atoms with Gasteiger partial charge in [-0.2, -0.15) is 0 Å². The molecule has 0 saturated carbocycles. The van der Waals surface area contributed by atoms with Gasteiger partial charge in [0, 0.05) is 49.4 Å². The SMILES string of the molecule is COCC=CC(=O)N1CCOC[C@H]1c1nc(-c2ccc(C(=O)Nc3ccccn3)cc2)c2c(N)nccn12. The molecule has 4 aromatic rings. The van der Waals surface area contributed by atoms with Gasteiger partial charge in [-0.25, -0.2) is 15.0 Å². The summed E-state index contributed by atoms with van der Waals surface area (Å²) < 4.78 is 12.6. The maximum Gasteiger partial charge on any atom is 0.256 e. The van der Waals surface area contributed by atoms with Crippen LogP contribution in [0.2, 0.25) is 0 Å². The van der Waals surface area contributed by atoms with Crippen LogP contribution in [-0.4, -0.2) is 69.5 Å². The number of hydrogen-bond acceptors (Lipinski definition) is 8. The van der Waals surface area contributed by atoms with E-state index in [-0.39, 0.29) is 18.4 Å². The summed E-state index contributed by atoms with van der Waals surface area (Å²) in [5.74, 6) is 0.943. The number of aromatic nitrogens is 4. The van der Waals surface area contributed by atoms with E-state index in [1.807, 2.05) is 4.40 Å². The van der Waals surface area contributed by atoms with Gasteiger partial charge in [0.25, 0.3) is 5.91 Å². The molecule has 1 saturated heterocycles. The fourth-order valence-corrected chi connectivity index (χ4v) is 4.35. The molecule has 3 N–H and O–H groups in total. The lowest BCUT2D eigenvalue weighted by Crippen LogP contribution is -2.43. The summed E-state index contributed by atoms with van der Waals surface area (Å²) >= 11 is 0. The molecular formula is C27H27N7O4. The van der Waals surface area contributed by atoms with Crippen molar-refractivity contribution in [3.05, 3.63) is 84.6 Å². The van der Waals surface area contributed by atoms with Gasteiger partial charge in [-0.15, -0.1) is 0 Å². The second-order valence-electron chi connectivity index (χ2n) is 8.58. The lowest BCUT2D eigenvalue weighted by molar-refractivity contribution is -0.135. The third-order valence-electron chi connectivity index (χ3n) is 6.17. The van der Waals surface area contributed by atoms with E-state index in [0.29, 0.717) is 54.0 Å². The summed E-state index contributed by atoms with van der Waals surface area (Å²) in [6.07, 6.45) is 8.15. The Morgan fingerprint density at radius 3 is 2.79 bits per heavy atom. The van der Waals surface area contributed by atoms with Crippen molar-refractivity contribution >= 4 is 29.0 Å². The molecule has 1 aliphatic rings. The van der Waals surface area contributed by atoms with Gasteiger partial charge in [0.1, 0.15) is 34.7 Å². The molecule has 38 heavy (non-hydrogen) atoms. The number of nitrogen functional groups attached to an aromatic ring is 1. The number of benzene rings is 1. The molecule has 1 atom stereocenters. The number of nitrogens with one attached hydrogen (secondary N) is 1. The molecule has 5 rings (SSSR count). The minimum atomic E-state index is -0.435. The summed E-state index contributed by atoms with van der Waals surface area (Å²) in [5, 5.41) is 2.77. The summed E-state index contributed by atoms with van der Waals surface area (Å²) in [5.41, 5.74) is 8.72. The van der Waals surface area contributed by atoms with Crippen molar-refractivity contribution in [3.63, 3.8) is 0 Å². The Morgan fingerprint density at radius 1 is 1.18 bits per heavy atom. The second-order valence-corrected chi connectivity index (χ2v) is 8.58. The predicted molar refractivity (Wildman–Crippen MR) is 141 cm³/mol. The summed E-state index contributed by atoms with van der Waals surface area (Å²) in [7, 11) is 1.57. The molecule has 0 unspecified atom stereocenters. The number of nitrogens with zero attached hydrogens (tertiary/aromatic N) is 5. The van der Waals surface area contributed by atoms with Crippen molar-refractivity contribution in [1.29, 1.82) is 0 Å². The summed E-state index contributed by atoms with van der Waals surface area (Å²) in [4.78, 5) is 40.7. The molecular weight excluding hydrogens is 486 g/mol. The van der Waals surface area contributed by atoms with E-state index in [4.69, 9.17) is 20.2 Å². The minimum absolute atomic E-state index is 0.154. The molecule has 0 radical (unpaired) electrons. The first-order valence-electron chi connectivity index (χ1n) is 12.1. The van der Waals surface area contributed by atoms with E-state index < -0.39 is 6.04 Å². The molecule has 11 heteroatoms. The van der Waals surface area contributed by atoms with Crippen LogP contribution in [0, 0.1) is 0 Å². The zero-order valence-corrected chi connectivity index (χ0v) is 20.8. The minimum Gasteiger partial charge on any atom is -0.382 e. The van der Waals surface area contributed by atoms with Gasteiger partial charge in [-0.1, -0.05) is 24.3 Å². The molecule has 2 amide bonds. The number of anilines is 2. The highest BCUT2D eigenvalue weighted by atomic mass is 16.5. The molecule has 11 nitrogen and oxygen atoms in total. The molecule has 0 spiro atoms. The average molecular weight is 514 g/mol. The van der Waals surface area contributed by atoms with Crippen molar-refractivity contribution < 1.29 is 19.1 Å². The monoisotopic (exact) mass is 513 g/mol. The normalized spacial score (nSPS) is 15.7. The number of ether oxygens (including phenoxy) is 2. The Bertz CT molecular complexity index is 1470. The van der Waals surface area contributed by atoms with E-state index in [0.717, 1.165) is 5.56 Å². The van der Waals surface area contributed by atoms with Gasteiger partial charge in [0.05, 0.1) is 19.8 Å². The van der Waals surface area contributed by atoms with Crippen molar-refractivity contribution in [1.82, 2.24) is 24.3 Å². The average Bonchev–Trinajstić information content (AvgIpc) is 3.34. The fourth-order valence-electron chi connectivity index (χ4n) is 4.35. The maximum atomic E-state index is 13.0. The molecule has 3 aromatic heterocycles. The van der Waals surface area contributed by atoms with Crippen LogP contribution in [0.3, 0.4) is 0 Å². The Morgan fingerprint density at radius 2 is 2.03 bits per heavy atom. The molecule has 1 aromatic carbocycles. The first kappa shape index (κ1) is 25.1. The van der Waals surface area contributed by atoms with Crippen molar-refractivity contribution in [2.45, 2.75) is 6.04 Å². The van der Waals surface area contributed by atoms with E-state index in [2.05, 4.69) is 15.3 Å². The van der Waals surface area contributed by atoms with Crippen LogP contribution in [0.1, 0.15) is 22.2 Å². The zero-order chi connectivity index (χ0) is 26.5. The maximum absolute atomic E-state index is 13.0. The first-order valence-corrected chi connectivity index (χ1v) is 12.1. The van der Waals surface area contributed by atoms with Gasteiger partial charge in [0.15, 0.2) is 0 Å². The smallest absolute Gasteiger partial charge is 0.256 e. The number of nitrogens with two attached hydrogens (primary N) is 1. The molecule has 194 valence electrons. The van der Waals surface area contributed by atoms with Gasteiger partial charge in [0.2, 0.25) is 5.91 Å². The number of imidazole rings is 1. The standard InChI is InChI=1S/C27H27N7O4/c1-37-15-4-6-22(35)33-14-16-38-17-20(33)26-32-23(24-25(28)30-12-13-34(24)26)18-7-9-19(10-8-18)27(36)31-21-5-2-3-11-29-21/h2-13,20H,14-17H2,1H3,(H2,28,30)(H,29,31,36)/t20-/m0/s1. The van der Waals surface area contributed by atoms with Crippen molar-refractivity contribution in [2.24, 2.45) is 0 Å². The number of fused-ring (bicyclic) bond motifs is 1. The highest BCUT2D eigenvalue weighted by Gasteiger charge is 2.32. The number of hydrogen-bond donors (Lipinski definition) is 2. The topological polar surface area (TPSA) is 137 Å². The number of pyridine rings is 1. The van der Waals surface area contributed by atoms with Crippen LogP contribution >= 0.6 is 0 Å².